The van der Waals surface area contributed by atoms with Crippen molar-refractivity contribution in [2.75, 3.05) is 0 Å². The van der Waals surface area contributed by atoms with E-state index in [0.717, 1.165) is 0 Å². The van der Waals surface area contributed by atoms with Gasteiger partial charge < -0.3 is 5.73 Å². The van der Waals surface area contributed by atoms with E-state index < -0.39 is 12.5 Å². The van der Waals surface area contributed by atoms with Crippen LogP contribution >= 0.6 is 15.9 Å². The molecule has 1 heterocycles. The molecule has 1 aromatic rings. The van der Waals surface area contributed by atoms with Crippen LogP contribution in [0.4, 0.5) is 8.78 Å². The third kappa shape index (κ3) is 3.36. The lowest BCUT2D eigenvalue weighted by Crippen LogP contribution is -2.13. The second kappa shape index (κ2) is 4.62. The van der Waals surface area contributed by atoms with Crippen molar-refractivity contribution in [3.05, 3.63) is 28.5 Å². The van der Waals surface area contributed by atoms with Crippen LogP contribution in [0.3, 0.4) is 0 Å². The average Bonchev–Trinajstić information content (AvgIpc) is 2.03. The Bertz CT molecular complexity index is 281. The highest BCUT2D eigenvalue weighted by molar-refractivity contribution is 9.10. The van der Waals surface area contributed by atoms with Crippen LogP contribution in [0.15, 0.2) is 22.9 Å². The molecule has 0 unspecified atom stereocenters. The second-order valence-electron chi connectivity index (χ2n) is 2.65. The van der Waals surface area contributed by atoms with Gasteiger partial charge in [-0.25, -0.2) is 13.8 Å². The number of nitrogens with zero attached hydrogens (tertiary/aromatic N) is 1. The Kier molecular flexibility index (Phi) is 3.74. The Labute approximate surface area is 83.3 Å². The second-order valence-corrected chi connectivity index (χ2v) is 3.46. The number of alkyl halides is 2. The highest BCUT2D eigenvalue weighted by Gasteiger charge is 2.12. The number of nitrogens with two attached hydrogens (primary N) is 1. The lowest BCUT2D eigenvalue weighted by molar-refractivity contribution is 0.128. The van der Waals surface area contributed by atoms with Crippen molar-refractivity contribution in [3.63, 3.8) is 0 Å². The van der Waals surface area contributed by atoms with E-state index in [-0.39, 0.29) is 6.42 Å². The number of pyridine rings is 1. The third-order valence-electron chi connectivity index (χ3n) is 1.61. The monoisotopic (exact) mass is 250 g/mol. The van der Waals surface area contributed by atoms with Crippen LogP contribution in [0.1, 0.15) is 18.0 Å². The summed E-state index contributed by atoms with van der Waals surface area (Å²) in [5.74, 6) is 0. The molecule has 2 N–H and O–H groups in total. The molecular formula is C8H9BrF2N2. The molecule has 72 valence electrons. The van der Waals surface area contributed by atoms with Crippen molar-refractivity contribution >= 4 is 15.9 Å². The molecule has 0 aliphatic carbocycles. The van der Waals surface area contributed by atoms with Crippen molar-refractivity contribution in [1.82, 2.24) is 4.98 Å². The zero-order valence-corrected chi connectivity index (χ0v) is 8.34. The van der Waals surface area contributed by atoms with Crippen molar-refractivity contribution in [1.29, 1.82) is 0 Å². The van der Waals surface area contributed by atoms with Crippen LogP contribution in [0, 0.1) is 0 Å². The number of hydrogen-bond acceptors (Lipinski definition) is 2. The van der Waals surface area contributed by atoms with Gasteiger partial charge in [0.15, 0.2) is 0 Å². The van der Waals surface area contributed by atoms with Gasteiger partial charge in [-0.2, -0.15) is 0 Å². The van der Waals surface area contributed by atoms with E-state index in [1.165, 1.54) is 6.20 Å². The highest BCUT2D eigenvalue weighted by Crippen LogP contribution is 2.19. The molecule has 1 aromatic heterocycles. The summed E-state index contributed by atoms with van der Waals surface area (Å²) in [7, 11) is 0. The van der Waals surface area contributed by atoms with Crippen LogP contribution < -0.4 is 5.73 Å². The summed E-state index contributed by atoms with van der Waals surface area (Å²) in [6.45, 7) is 0. The maximum atomic E-state index is 12.0. The predicted octanol–water partition coefficient (Wildman–Crippen LogP) is 2.50. The molecule has 5 heteroatoms. The Morgan fingerprint density at radius 3 is 2.77 bits per heavy atom. The summed E-state index contributed by atoms with van der Waals surface area (Å²) in [6, 6.07) is 2.66. The van der Waals surface area contributed by atoms with Crippen LogP contribution in [0.2, 0.25) is 0 Å². The maximum absolute atomic E-state index is 12.0. The average molecular weight is 251 g/mol. The van der Waals surface area contributed by atoms with Gasteiger partial charge in [0.2, 0.25) is 6.43 Å². The minimum atomic E-state index is -2.37. The Morgan fingerprint density at radius 2 is 2.23 bits per heavy atom. The zero-order valence-electron chi connectivity index (χ0n) is 6.75. The van der Waals surface area contributed by atoms with E-state index in [4.69, 9.17) is 5.73 Å². The minimum absolute atomic E-state index is 0.323. The van der Waals surface area contributed by atoms with E-state index in [1.54, 1.807) is 12.1 Å². The predicted molar refractivity (Wildman–Crippen MR) is 49.5 cm³/mol. The Balaban J connectivity index is 2.71. The molecule has 0 fully saturated rings. The lowest BCUT2D eigenvalue weighted by Gasteiger charge is -2.10. The summed E-state index contributed by atoms with van der Waals surface area (Å²) in [5, 5.41) is 0. The third-order valence-corrected chi connectivity index (χ3v) is 2.04. The van der Waals surface area contributed by atoms with Crippen LogP contribution in [0.5, 0.6) is 0 Å². The van der Waals surface area contributed by atoms with Gasteiger partial charge in [0.05, 0.1) is 0 Å². The quantitative estimate of drug-likeness (QED) is 0.838. The summed E-state index contributed by atoms with van der Waals surface area (Å²) in [5.41, 5.74) is 6.20. The molecule has 0 saturated carbocycles. The zero-order chi connectivity index (χ0) is 9.84. The fourth-order valence-corrected chi connectivity index (χ4v) is 1.36. The first-order chi connectivity index (χ1) is 6.09. The molecule has 0 bridgehead atoms. The topological polar surface area (TPSA) is 38.9 Å². The molecule has 0 aliphatic heterocycles. The Morgan fingerprint density at radius 1 is 1.54 bits per heavy atom. The molecule has 0 radical (unpaired) electrons. The van der Waals surface area contributed by atoms with E-state index in [9.17, 15) is 8.78 Å². The first-order valence-electron chi connectivity index (χ1n) is 3.75. The first-order valence-corrected chi connectivity index (χ1v) is 4.54. The molecule has 0 amide bonds. The first kappa shape index (κ1) is 10.5. The number of aromatic nitrogens is 1. The molecule has 1 atom stereocenters. The van der Waals surface area contributed by atoms with Gasteiger partial charge in [0.25, 0.3) is 0 Å². The Hall–Kier alpha value is -0.550. The summed E-state index contributed by atoms with van der Waals surface area (Å²) < 4.78 is 24.5. The smallest absolute Gasteiger partial charge is 0.240 e. The maximum Gasteiger partial charge on any atom is 0.240 e. The van der Waals surface area contributed by atoms with Crippen molar-refractivity contribution < 1.29 is 8.78 Å². The van der Waals surface area contributed by atoms with Gasteiger partial charge >= 0.3 is 0 Å². The van der Waals surface area contributed by atoms with Crippen LogP contribution in [-0.4, -0.2) is 11.4 Å². The molecule has 0 saturated heterocycles. The van der Waals surface area contributed by atoms with Gasteiger partial charge in [0.1, 0.15) is 4.60 Å². The fraction of sp³-hybridized carbons (Fsp3) is 0.375. The summed E-state index contributed by atoms with van der Waals surface area (Å²) >= 11 is 3.14. The van der Waals surface area contributed by atoms with Gasteiger partial charge in [-0.1, -0.05) is 0 Å². The van der Waals surface area contributed by atoms with Crippen LogP contribution in [-0.2, 0) is 0 Å². The van der Waals surface area contributed by atoms with Crippen LogP contribution in [0.25, 0.3) is 0 Å². The fourth-order valence-electron chi connectivity index (χ4n) is 0.976. The largest absolute Gasteiger partial charge is 0.324 e. The van der Waals surface area contributed by atoms with Gasteiger partial charge in [-0.3, -0.25) is 0 Å². The summed E-state index contributed by atoms with van der Waals surface area (Å²) in [6.07, 6.45) is -1.16. The van der Waals surface area contributed by atoms with Gasteiger partial charge in [0, 0.05) is 18.7 Å². The van der Waals surface area contributed by atoms with Crippen molar-refractivity contribution in [2.45, 2.75) is 18.9 Å². The van der Waals surface area contributed by atoms with E-state index >= 15 is 0 Å². The number of rotatable bonds is 3. The van der Waals surface area contributed by atoms with Crippen molar-refractivity contribution in [3.8, 4) is 0 Å². The number of halogens is 3. The van der Waals surface area contributed by atoms with Gasteiger partial charge in [-0.05, 0) is 33.6 Å². The summed E-state index contributed by atoms with van der Waals surface area (Å²) in [4.78, 5) is 3.87. The molecule has 0 spiro atoms. The molecule has 2 nitrogen and oxygen atoms in total. The van der Waals surface area contributed by atoms with E-state index in [1.807, 2.05) is 0 Å². The molecule has 0 aromatic carbocycles. The van der Waals surface area contributed by atoms with E-state index in [0.29, 0.717) is 10.2 Å². The van der Waals surface area contributed by atoms with Gasteiger partial charge in [-0.15, -0.1) is 0 Å². The van der Waals surface area contributed by atoms with E-state index in [2.05, 4.69) is 20.9 Å². The normalized spacial score (nSPS) is 13.3. The minimum Gasteiger partial charge on any atom is -0.324 e. The SMILES string of the molecule is N[C@H](CC(F)F)c1ccnc(Br)c1. The lowest BCUT2D eigenvalue weighted by atomic mass is 10.1. The molecular weight excluding hydrogens is 242 g/mol. The molecule has 1 rings (SSSR count). The highest BCUT2D eigenvalue weighted by atomic mass is 79.9. The van der Waals surface area contributed by atoms with Crippen molar-refractivity contribution in [2.24, 2.45) is 5.73 Å². The standard InChI is InChI=1S/C8H9BrF2N2/c9-7-3-5(1-2-13-7)6(12)4-8(10)11/h1-3,6,8H,4,12H2/t6-/m1/s1. The molecule has 13 heavy (non-hydrogen) atoms. The molecule has 0 aliphatic rings. The number of hydrogen-bond donors (Lipinski definition) is 1.